The van der Waals surface area contributed by atoms with E-state index in [0.717, 1.165) is 9.99 Å². The summed E-state index contributed by atoms with van der Waals surface area (Å²) in [6.07, 6.45) is 0.761. The van der Waals surface area contributed by atoms with E-state index in [9.17, 15) is 4.39 Å². The van der Waals surface area contributed by atoms with Crippen molar-refractivity contribution in [3.05, 3.63) is 33.1 Å². The van der Waals surface area contributed by atoms with Crippen LogP contribution in [-0.2, 0) is 0 Å². The first-order chi connectivity index (χ1) is 5.65. The van der Waals surface area contributed by atoms with Crippen LogP contribution in [0.2, 0.25) is 0 Å². The van der Waals surface area contributed by atoms with Gasteiger partial charge in [-0.25, -0.2) is 4.39 Å². The molecule has 1 rings (SSSR count). The molecular formula is C9H12ClFIN. The van der Waals surface area contributed by atoms with E-state index in [0.29, 0.717) is 5.56 Å². The molecule has 0 saturated heterocycles. The van der Waals surface area contributed by atoms with Crippen molar-refractivity contribution in [3.8, 4) is 0 Å². The second-order valence-electron chi connectivity index (χ2n) is 2.68. The highest BCUT2D eigenvalue weighted by Gasteiger charge is 2.08. The number of rotatable bonds is 2. The Bertz CT molecular complexity index is 280. The molecule has 0 heterocycles. The summed E-state index contributed by atoms with van der Waals surface area (Å²) in [5.74, 6) is -0.204. The number of halogens is 3. The Hall–Kier alpha value is 0.130. The van der Waals surface area contributed by atoms with Crippen LogP contribution >= 0.6 is 35.0 Å². The molecule has 0 aromatic heterocycles. The Kier molecular flexibility index (Phi) is 5.83. The lowest BCUT2D eigenvalue weighted by molar-refractivity contribution is 0.575. The average molecular weight is 316 g/mol. The lowest BCUT2D eigenvalue weighted by Gasteiger charge is -2.10. The third-order valence-electron chi connectivity index (χ3n) is 1.80. The molecule has 1 nitrogen and oxygen atoms in total. The van der Waals surface area contributed by atoms with Crippen LogP contribution in [0.5, 0.6) is 0 Å². The van der Waals surface area contributed by atoms with Crippen molar-refractivity contribution in [2.75, 3.05) is 0 Å². The second-order valence-corrected chi connectivity index (χ2v) is 3.93. The van der Waals surface area contributed by atoms with Gasteiger partial charge < -0.3 is 5.73 Å². The van der Waals surface area contributed by atoms with Gasteiger partial charge in [0.05, 0.1) is 0 Å². The fourth-order valence-electron chi connectivity index (χ4n) is 1.02. The molecule has 4 heteroatoms. The molecule has 1 atom stereocenters. The number of hydrogen-bond acceptors (Lipinski definition) is 1. The van der Waals surface area contributed by atoms with Crippen LogP contribution in [0.4, 0.5) is 4.39 Å². The van der Waals surface area contributed by atoms with E-state index in [1.807, 2.05) is 6.92 Å². The fourth-order valence-corrected chi connectivity index (χ4v) is 1.53. The SMILES string of the molecule is CC[C@H](N)c1cc(I)ccc1F.Cl. The lowest BCUT2D eigenvalue weighted by Crippen LogP contribution is -2.10. The molecule has 74 valence electrons. The summed E-state index contributed by atoms with van der Waals surface area (Å²) in [7, 11) is 0. The zero-order valence-corrected chi connectivity index (χ0v) is 10.2. The van der Waals surface area contributed by atoms with Gasteiger partial charge in [0.15, 0.2) is 0 Å². The van der Waals surface area contributed by atoms with Gasteiger partial charge in [-0.05, 0) is 47.2 Å². The Morgan fingerprint density at radius 1 is 1.54 bits per heavy atom. The largest absolute Gasteiger partial charge is 0.324 e. The summed E-state index contributed by atoms with van der Waals surface area (Å²) in [5, 5.41) is 0. The molecule has 0 amide bonds. The van der Waals surface area contributed by atoms with Gasteiger partial charge >= 0.3 is 0 Å². The van der Waals surface area contributed by atoms with Crippen LogP contribution in [0, 0.1) is 9.39 Å². The molecule has 0 unspecified atom stereocenters. The lowest BCUT2D eigenvalue weighted by atomic mass is 10.1. The summed E-state index contributed by atoms with van der Waals surface area (Å²) >= 11 is 2.15. The predicted octanol–water partition coefficient (Wildman–Crippen LogP) is 3.26. The van der Waals surface area contributed by atoms with E-state index in [4.69, 9.17) is 5.73 Å². The van der Waals surface area contributed by atoms with Crippen molar-refractivity contribution in [1.29, 1.82) is 0 Å². The van der Waals surface area contributed by atoms with Gasteiger partial charge in [-0.1, -0.05) is 6.92 Å². The Morgan fingerprint density at radius 2 is 2.15 bits per heavy atom. The molecule has 13 heavy (non-hydrogen) atoms. The molecular weight excluding hydrogens is 303 g/mol. The molecule has 0 spiro atoms. The number of benzene rings is 1. The summed E-state index contributed by atoms with van der Waals surface area (Å²) in [6.45, 7) is 1.95. The topological polar surface area (TPSA) is 26.0 Å². The Morgan fingerprint density at radius 3 is 2.69 bits per heavy atom. The van der Waals surface area contributed by atoms with E-state index in [1.54, 1.807) is 12.1 Å². The molecule has 0 radical (unpaired) electrons. The molecule has 2 N–H and O–H groups in total. The maximum Gasteiger partial charge on any atom is 0.128 e. The molecule has 0 aliphatic heterocycles. The van der Waals surface area contributed by atoms with E-state index >= 15 is 0 Å². The van der Waals surface area contributed by atoms with Gasteiger partial charge in [-0.3, -0.25) is 0 Å². The number of hydrogen-bond donors (Lipinski definition) is 1. The summed E-state index contributed by atoms with van der Waals surface area (Å²) in [4.78, 5) is 0. The van der Waals surface area contributed by atoms with Crippen molar-refractivity contribution in [1.82, 2.24) is 0 Å². The molecule has 0 aliphatic rings. The van der Waals surface area contributed by atoms with Crippen molar-refractivity contribution in [3.63, 3.8) is 0 Å². The average Bonchev–Trinajstić information content (AvgIpc) is 2.08. The summed E-state index contributed by atoms with van der Waals surface area (Å²) in [6, 6.07) is 4.82. The maximum atomic E-state index is 13.1. The summed E-state index contributed by atoms with van der Waals surface area (Å²) < 4.78 is 14.1. The van der Waals surface area contributed by atoms with Crippen molar-refractivity contribution in [2.24, 2.45) is 5.73 Å². The first-order valence-corrected chi connectivity index (χ1v) is 4.93. The molecule has 0 saturated carbocycles. The Balaban J connectivity index is 0.00000144. The standard InChI is InChI=1S/C9H11FIN.ClH/c1-2-9(12)7-5-6(11)3-4-8(7)10;/h3-5,9H,2,12H2,1H3;1H/t9-;/m0./s1. The minimum atomic E-state index is -0.204. The molecule has 1 aromatic carbocycles. The number of nitrogens with two attached hydrogens (primary N) is 1. The van der Waals surface area contributed by atoms with Crippen LogP contribution in [-0.4, -0.2) is 0 Å². The van der Waals surface area contributed by atoms with Crippen LogP contribution in [0.1, 0.15) is 24.9 Å². The first kappa shape index (κ1) is 13.1. The van der Waals surface area contributed by atoms with Gasteiger partial charge in [-0.2, -0.15) is 0 Å². The highest BCUT2D eigenvalue weighted by atomic mass is 127. The zero-order chi connectivity index (χ0) is 9.14. The molecule has 0 aliphatic carbocycles. The minimum absolute atomic E-state index is 0. The third kappa shape index (κ3) is 3.40. The van der Waals surface area contributed by atoms with Crippen molar-refractivity contribution in [2.45, 2.75) is 19.4 Å². The fraction of sp³-hybridized carbons (Fsp3) is 0.333. The van der Waals surface area contributed by atoms with Crippen LogP contribution < -0.4 is 5.73 Å². The highest BCUT2D eigenvalue weighted by molar-refractivity contribution is 14.1. The van der Waals surface area contributed by atoms with Gasteiger partial charge in [0.1, 0.15) is 5.82 Å². The van der Waals surface area contributed by atoms with E-state index in [-0.39, 0.29) is 24.3 Å². The van der Waals surface area contributed by atoms with E-state index in [2.05, 4.69) is 22.6 Å². The zero-order valence-electron chi connectivity index (χ0n) is 7.26. The maximum absolute atomic E-state index is 13.1. The van der Waals surface area contributed by atoms with Crippen LogP contribution in [0.25, 0.3) is 0 Å². The quantitative estimate of drug-likeness (QED) is 0.833. The monoisotopic (exact) mass is 315 g/mol. The van der Waals surface area contributed by atoms with E-state index in [1.165, 1.54) is 6.07 Å². The molecule has 0 bridgehead atoms. The highest BCUT2D eigenvalue weighted by Crippen LogP contribution is 2.19. The normalized spacial score (nSPS) is 12.0. The van der Waals surface area contributed by atoms with Crippen LogP contribution in [0.3, 0.4) is 0 Å². The van der Waals surface area contributed by atoms with Crippen molar-refractivity contribution >= 4 is 35.0 Å². The molecule has 1 aromatic rings. The Labute approximate surface area is 97.4 Å². The second kappa shape index (κ2) is 5.78. The van der Waals surface area contributed by atoms with Gasteiger partial charge in [0.2, 0.25) is 0 Å². The van der Waals surface area contributed by atoms with Gasteiger partial charge in [0, 0.05) is 15.2 Å². The summed E-state index contributed by atoms with van der Waals surface area (Å²) in [5.41, 5.74) is 6.34. The van der Waals surface area contributed by atoms with Crippen molar-refractivity contribution < 1.29 is 4.39 Å². The first-order valence-electron chi connectivity index (χ1n) is 3.85. The van der Waals surface area contributed by atoms with Gasteiger partial charge in [0.25, 0.3) is 0 Å². The van der Waals surface area contributed by atoms with Crippen LogP contribution in [0.15, 0.2) is 18.2 Å². The predicted molar refractivity (Wildman–Crippen MR) is 63.6 cm³/mol. The third-order valence-corrected chi connectivity index (χ3v) is 2.47. The van der Waals surface area contributed by atoms with E-state index < -0.39 is 0 Å². The van der Waals surface area contributed by atoms with Gasteiger partial charge in [-0.15, -0.1) is 12.4 Å². The molecule has 0 fully saturated rings. The minimum Gasteiger partial charge on any atom is -0.324 e. The smallest absolute Gasteiger partial charge is 0.128 e.